The molecule has 1 amide bonds. The van der Waals surface area contributed by atoms with E-state index in [-0.39, 0.29) is 17.9 Å². The molecule has 3 aliphatic rings. The minimum Gasteiger partial charge on any atom is -0.378 e. The van der Waals surface area contributed by atoms with Gasteiger partial charge >= 0.3 is 0 Å². The molecule has 3 fully saturated rings. The first-order valence-electron chi connectivity index (χ1n) is 7.89. The van der Waals surface area contributed by atoms with E-state index in [1.54, 1.807) is 0 Å². The van der Waals surface area contributed by atoms with E-state index < -0.39 is 0 Å². The zero-order valence-electron chi connectivity index (χ0n) is 12.0. The van der Waals surface area contributed by atoms with E-state index in [9.17, 15) is 9.59 Å². The Kier molecular flexibility index (Phi) is 4.36. The van der Waals surface area contributed by atoms with Crippen molar-refractivity contribution in [2.45, 2.75) is 50.6 Å². The summed E-state index contributed by atoms with van der Waals surface area (Å²) in [5, 5.41) is 3.02. The van der Waals surface area contributed by atoms with Crippen LogP contribution in [0.2, 0.25) is 0 Å². The molecule has 2 aliphatic carbocycles. The monoisotopic (exact) mass is 280 g/mol. The second-order valence-electron chi connectivity index (χ2n) is 6.29. The predicted molar refractivity (Wildman–Crippen MR) is 74.3 cm³/mol. The quantitative estimate of drug-likeness (QED) is 0.806. The molecule has 1 saturated heterocycles. The van der Waals surface area contributed by atoms with Crippen LogP contribution >= 0.6 is 0 Å². The number of rotatable bonds is 5. The number of hydrogen-bond acceptors (Lipinski definition) is 4. The van der Waals surface area contributed by atoms with Gasteiger partial charge in [0.15, 0.2) is 0 Å². The molecular weight excluding hydrogens is 256 g/mol. The third kappa shape index (κ3) is 3.38. The van der Waals surface area contributed by atoms with Crippen molar-refractivity contribution in [2.75, 3.05) is 26.3 Å². The van der Waals surface area contributed by atoms with E-state index in [0.717, 1.165) is 25.7 Å². The van der Waals surface area contributed by atoms with E-state index in [0.29, 0.717) is 38.1 Å². The topological polar surface area (TPSA) is 58.6 Å². The Labute approximate surface area is 120 Å². The summed E-state index contributed by atoms with van der Waals surface area (Å²) in [5.74, 6) is 0.574. The van der Waals surface area contributed by atoms with Gasteiger partial charge in [-0.1, -0.05) is 12.8 Å². The minimum absolute atomic E-state index is 0.0337. The van der Waals surface area contributed by atoms with Gasteiger partial charge in [-0.15, -0.1) is 0 Å². The van der Waals surface area contributed by atoms with Crippen molar-refractivity contribution in [1.29, 1.82) is 0 Å². The summed E-state index contributed by atoms with van der Waals surface area (Å²) < 4.78 is 5.43. The van der Waals surface area contributed by atoms with Crippen molar-refractivity contribution in [3.63, 3.8) is 0 Å². The molecule has 1 heterocycles. The van der Waals surface area contributed by atoms with E-state index in [4.69, 9.17) is 4.74 Å². The number of hydrogen-bond donors (Lipinski definition) is 1. The molecule has 5 nitrogen and oxygen atoms in total. The van der Waals surface area contributed by atoms with Gasteiger partial charge in [0.05, 0.1) is 19.8 Å². The standard InChI is InChI=1S/C15H24N2O3/c18-14(11-3-1-2-4-11)9-17-7-8-20-10-13(17)15(19)16-12-5-6-12/h11-13H,1-10H2,(H,16,19). The van der Waals surface area contributed by atoms with Gasteiger partial charge in [0.25, 0.3) is 0 Å². The first-order valence-corrected chi connectivity index (χ1v) is 7.89. The highest BCUT2D eigenvalue weighted by molar-refractivity contribution is 5.86. The lowest BCUT2D eigenvalue weighted by molar-refractivity contribution is -0.136. The minimum atomic E-state index is -0.283. The molecule has 1 aliphatic heterocycles. The number of carbonyl (C=O) groups is 2. The second-order valence-corrected chi connectivity index (χ2v) is 6.29. The first kappa shape index (κ1) is 14.0. The highest BCUT2D eigenvalue weighted by Gasteiger charge is 2.35. The van der Waals surface area contributed by atoms with Crippen LogP contribution in [-0.4, -0.2) is 55.0 Å². The Balaban J connectivity index is 1.56. The molecule has 0 aromatic carbocycles. The molecule has 1 atom stereocenters. The summed E-state index contributed by atoms with van der Waals surface area (Å²) in [4.78, 5) is 26.5. The second kappa shape index (κ2) is 6.22. The molecule has 0 bridgehead atoms. The van der Waals surface area contributed by atoms with Crippen molar-refractivity contribution < 1.29 is 14.3 Å². The largest absolute Gasteiger partial charge is 0.378 e. The van der Waals surface area contributed by atoms with Crippen LogP contribution in [0, 0.1) is 5.92 Å². The lowest BCUT2D eigenvalue weighted by atomic mass is 10.0. The van der Waals surface area contributed by atoms with Gasteiger partial charge in [0, 0.05) is 18.5 Å². The van der Waals surface area contributed by atoms with E-state index in [1.807, 2.05) is 4.90 Å². The van der Waals surface area contributed by atoms with Gasteiger partial charge in [-0.05, 0) is 25.7 Å². The molecular formula is C15H24N2O3. The number of nitrogens with one attached hydrogen (secondary N) is 1. The molecule has 0 radical (unpaired) electrons. The Bertz CT molecular complexity index is 375. The maximum Gasteiger partial charge on any atom is 0.239 e. The van der Waals surface area contributed by atoms with Crippen LogP contribution in [0.5, 0.6) is 0 Å². The van der Waals surface area contributed by atoms with Crippen LogP contribution < -0.4 is 5.32 Å². The number of ketones is 1. The highest BCUT2D eigenvalue weighted by Crippen LogP contribution is 2.26. The van der Waals surface area contributed by atoms with Crippen LogP contribution in [-0.2, 0) is 14.3 Å². The zero-order chi connectivity index (χ0) is 13.9. The average molecular weight is 280 g/mol. The van der Waals surface area contributed by atoms with Crippen LogP contribution in [0.1, 0.15) is 38.5 Å². The summed E-state index contributed by atoms with van der Waals surface area (Å²) in [6, 6.07) is 0.0755. The Morgan fingerprint density at radius 2 is 1.90 bits per heavy atom. The third-order valence-corrected chi connectivity index (χ3v) is 4.64. The molecule has 2 saturated carbocycles. The molecule has 3 rings (SSSR count). The van der Waals surface area contributed by atoms with Gasteiger partial charge in [0.1, 0.15) is 11.8 Å². The normalized spacial score (nSPS) is 28.5. The fraction of sp³-hybridized carbons (Fsp3) is 0.867. The van der Waals surface area contributed by atoms with Gasteiger partial charge in [-0.2, -0.15) is 0 Å². The van der Waals surface area contributed by atoms with Crippen LogP contribution in [0.4, 0.5) is 0 Å². The van der Waals surface area contributed by atoms with Crippen molar-refractivity contribution in [1.82, 2.24) is 10.2 Å². The maximum atomic E-state index is 12.3. The number of morpholine rings is 1. The van der Waals surface area contributed by atoms with Gasteiger partial charge in [0.2, 0.25) is 5.91 Å². The molecule has 112 valence electrons. The fourth-order valence-corrected chi connectivity index (χ4v) is 3.17. The van der Waals surface area contributed by atoms with Crippen molar-refractivity contribution in [2.24, 2.45) is 5.92 Å². The summed E-state index contributed by atoms with van der Waals surface area (Å²) in [7, 11) is 0. The Morgan fingerprint density at radius 1 is 1.15 bits per heavy atom. The lowest BCUT2D eigenvalue weighted by Gasteiger charge is -2.34. The lowest BCUT2D eigenvalue weighted by Crippen LogP contribution is -2.55. The van der Waals surface area contributed by atoms with Crippen molar-refractivity contribution in [3.05, 3.63) is 0 Å². The predicted octanol–water partition coefficient (Wildman–Crippen LogP) is 0.725. The number of nitrogens with zero attached hydrogens (tertiary/aromatic N) is 1. The summed E-state index contributed by atoms with van der Waals surface area (Å²) in [6.07, 6.45) is 6.57. The van der Waals surface area contributed by atoms with Crippen LogP contribution in [0.3, 0.4) is 0 Å². The maximum absolute atomic E-state index is 12.3. The molecule has 5 heteroatoms. The zero-order valence-corrected chi connectivity index (χ0v) is 12.0. The molecule has 0 spiro atoms. The van der Waals surface area contributed by atoms with Crippen LogP contribution in [0.15, 0.2) is 0 Å². The molecule has 1 N–H and O–H groups in total. The van der Waals surface area contributed by atoms with Gasteiger partial charge in [-0.3, -0.25) is 14.5 Å². The van der Waals surface area contributed by atoms with Gasteiger partial charge < -0.3 is 10.1 Å². The Morgan fingerprint density at radius 3 is 2.60 bits per heavy atom. The van der Waals surface area contributed by atoms with E-state index in [2.05, 4.69) is 5.32 Å². The first-order chi connectivity index (χ1) is 9.74. The van der Waals surface area contributed by atoms with E-state index >= 15 is 0 Å². The van der Waals surface area contributed by atoms with Crippen LogP contribution in [0.25, 0.3) is 0 Å². The molecule has 1 unspecified atom stereocenters. The van der Waals surface area contributed by atoms with Gasteiger partial charge in [-0.25, -0.2) is 0 Å². The Hall–Kier alpha value is -0.940. The smallest absolute Gasteiger partial charge is 0.239 e. The number of amides is 1. The van der Waals surface area contributed by atoms with Crippen molar-refractivity contribution >= 4 is 11.7 Å². The number of Topliss-reactive ketones (excluding diaryl/α,β-unsaturated/α-hetero) is 1. The average Bonchev–Trinajstić information content (AvgIpc) is 3.08. The SMILES string of the molecule is O=C(CN1CCOCC1C(=O)NC1CC1)C1CCCC1. The summed E-state index contributed by atoms with van der Waals surface area (Å²) in [5.41, 5.74) is 0. The molecule has 20 heavy (non-hydrogen) atoms. The molecule has 0 aromatic heterocycles. The molecule has 0 aromatic rings. The van der Waals surface area contributed by atoms with E-state index in [1.165, 1.54) is 12.8 Å². The summed E-state index contributed by atoms with van der Waals surface area (Å²) in [6.45, 7) is 2.12. The summed E-state index contributed by atoms with van der Waals surface area (Å²) >= 11 is 0. The highest BCUT2D eigenvalue weighted by atomic mass is 16.5. The number of ether oxygens (including phenoxy) is 1. The fourth-order valence-electron chi connectivity index (χ4n) is 3.17. The third-order valence-electron chi connectivity index (χ3n) is 4.64. The number of carbonyl (C=O) groups excluding carboxylic acids is 2. The van der Waals surface area contributed by atoms with Crippen molar-refractivity contribution in [3.8, 4) is 0 Å².